The molecule has 0 aliphatic heterocycles. The van der Waals surface area contributed by atoms with Crippen molar-refractivity contribution in [3.05, 3.63) is 47.2 Å². The zero-order valence-electron chi connectivity index (χ0n) is 11.5. The van der Waals surface area contributed by atoms with E-state index in [0.717, 1.165) is 17.8 Å². The van der Waals surface area contributed by atoms with Gasteiger partial charge in [0.2, 0.25) is 0 Å². The molecule has 1 aliphatic rings. The maximum Gasteiger partial charge on any atom is 0.307 e. The molecule has 0 heterocycles. The highest BCUT2D eigenvalue weighted by Gasteiger charge is 2.54. The average Bonchev–Trinajstić information content (AvgIpc) is 3.00. The number of benzene rings is 1. The van der Waals surface area contributed by atoms with Gasteiger partial charge < -0.3 is 4.74 Å². The zero-order chi connectivity index (χ0) is 13.3. The summed E-state index contributed by atoms with van der Waals surface area (Å²) in [6.07, 6.45) is 1.05. The van der Waals surface area contributed by atoms with Crippen LogP contribution in [0.2, 0.25) is 0 Å². The predicted molar refractivity (Wildman–Crippen MR) is 72.0 cm³/mol. The van der Waals surface area contributed by atoms with Crippen LogP contribution in [0.5, 0.6) is 0 Å². The Bertz CT molecular complexity index is 483. The maximum absolute atomic E-state index is 11.2. The first kappa shape index (κ1) is 12.9. The molecule has 1 aromatic carbocycles. The van der Waals surface area contributed by atoms with E-state index in [1.807, 2.05) is 19.9 Å². The third-order valence-electron chi connectivity index (χ3n) is 3.73. The summed E-state index contributed by atoms with van der Waals surface area (Å²) in [4.78, 5) is 11.2. The molecule has 0 saturated heterocycles. The van der Waals surface area contributed by atoms with Crippen LogP contribution >= 0.6 is 0 Å². The van der Waals surface area contributed by atoms with Gasteiger partial charge in [0.05, 0.1) is 0 Å². The summed E-state index contributed by atoms with van der Waals surface area (Å²) in [5.41, 5.74) is 2.53. The van der Waals surface area contributed by atoms with Crippen LogP contribution in [-0.4, -0.2) is 5.97 Å². The molecule has 18 heavy (non-hydrogen) atoms. The summed E-state index contributed by atoms with van der Waals surface area (Å²) in [6, 6.07) is 10.4. The SMILES string of the molecule is CC(=O)OC(=C(C)C)C1CC1(C)c1ccccc1. The van der Waals surface area contributed by atoms with Crippen LogP contribution in [0.3, 0.4) is 0 Å². The predicted octanol–water partition coefficient (Wildman–Crippen LogP) is 3.82. The number of carbonyl (C=O) groups excluding carboxylic acids is 1. The Morgan fingerprint density at radius 1 is 1.22 bits per heavy atom. The van der Waals surface area contributed by atoms with Gasteiger partial charge in [-0.05, 0) is 31.4 Å². The molecule has 2 nitrogen and oxygen atoms in total. The van der Waals surface area contributed by atoms with Crippen molar-refractivity contribution in [3.63, 3.8) is 0 Å². The fraction of sp³-hybridized carbons (Fsp3) is 0.438. The van der Waals surface area contributed by atoms with Crippen molar-refractivity contribution in [2.24, 2.45) is 5.92 Å². The van der Waals surface area contributed by atoms with Crippen molar-refractivity contribution >= 4 is 5.97 Å². The summed E-state index contributed by atoms with van der Waals surface area (Å²) in [6.45, 7) is 7.70. The number of rotatable bonds is 3. The largest absolute Gasteiger partial charge is 0.431 e. The van der Waals surface area contributed by atoms with Gasteiger partial charge >= 0.3 is 5.97 Å². The van der Waals surface area contributed by atoms with Gasteiger partial charge in [0.15, 0.2) is 0 Å². The lowest BCUT2D eigenvalue weighted by molar-refractivity contribution is -0.137. The Balaban J connectivity index is 2.23. The molecule has 1 saturated carbocycles. The number of hydrogen-bond donors (Lipinski definition) is 0. The Hall–Kier alpha value is -1.57. The van der Waals surface area contributed by atoms with Gasteiger partial charge in [-0.3, -0.25) is 4.79 Å². The van der Waals surface area contributed by atoms with Crippen LogP contribution in [0.15, 0.2) is 41.7 Å². The van der Waals surface area contributed by atoms with Crippen molar-refractivity contribution in [1.82, 2.24) is 0 Å². The molecule has 1 fully saturated rings. The number of ether oxygens (including phenoxy) is 1. The smallest absolute Gasteiger partial charge is 0.307 e. The third kappa shape index (κ3) is 2.33. The Kier molecular flexibility index (Phi) is 3.29. The zero-order valence-corrected chi connectivity index (χ0v) is 11.5. The molecule has 0 amide bonds. The van der Waals surface area contributed by atoms with E-state index in [9.17, 15) is 4.79 Å². The Morgan fingerprint density at radius 2 is 1.83 bits per heavy atom. The summed E-state index contributed by atoms with van der Waals surface area (Å²) in [5, 5.41) is 0. The summed E-state index contributed by atoms with van der Waals surface area (Å²) < 4.78 is 5.39. The molecule has 2 unspecified atom stereocenters. The third-order valence-corrected chi connectivity index (χ3v) is 3.73. The molecule has 96 valence electrons. The van der Waals surface area contributed by atoms with Crippen LogP contribution in [0.25, 0.3) is 0 Å². The van der Waals surface area contributed by atoms with Gasteiger partial charge in [-0.2, -0.15) is 0 Å². The first-order valence-corrected chi connectivity index (χ1v) is 6.36. The van der Waals surface area contributed by atoms with Crippen LogP contribution in [0, 0.1) is 5.92 Å². The number of allylic oxidation sites excluding steroid dienone is 2. The minimum absolute atomic E-state index is 0.114. The minimum atomic E-state index is -0.228. The molecule has 2 rings (SSSR count). The molecule has 2 heteroatoms. The highest BCUT2D eigenvalue weighted by molar-refractivity contribution is 5.67. The quantitative estimate of drug-likeness (QED) is 0.597. The lowest BCUT2D eigenvalue weighted by atomic mass is 9.94. The monoisotopic (exact) mass is 244 g/mol. The molecular formula is C16H20O2. The second-order valence-corrected chi connectivity index (χ2v) is 5.50. The lowest BCUT2D eigenvalue weighted by Crippen LogP contribution is -2.10. The van der Waals surface area contributed by atoms with E-state index in [0.29, 0.717) is 5.92 Å². The topological polar surface area (TPSA) is 26.3 Å². The van der Waals surface area contributed by atoms with Gasteiger partial charge in [0.1, 0.15) is 5.76 Å². The van der Waals surface area contributed by atoms with E-state index in [1.54, 1.807) is 0 Å². The number of hydrogen-bond acceptors (Lipinski definition) is 2. The van der Waals surface area contributed by atoms with Crippen molar-refractivity contribution in [1.29, 1.82) is 0 Å². The van der Waals surface area contributed by atoms with E-state index in [1.165, 1.54) is 12.5 Å². The van der Waals surface area contributed by atoms with Crippen molar-refractivity contribution in [2.75, 3.05) is 0 Å². The molecule has 2 atom stereocenters. The highest BCUT2D eigenvalue weighted by Crippen LogP contribution is 2.58. The fourth-order valence-electron chi connectivity index (χ4n) is 2.56. The maximum atomic E-state index is 11.2. The normalized spacial score (nSPS) is 25.4. The molecule has 0 bridgehead atoms. The van der Waals surface area contributed by atoms with E-state index in [4.69, 9.17) is 4.74 Å². The molecule has 0 spiro atoms. The second kappa shape index (κ2) is 4.60. The molecule has 0 N–H and O–H groups in total. The van der Waals surface area contributed by atoms with Crippen LogP contribution in [-0.2, 0) is 14.9 Å². The van der Waals surface area contributed by atoms with Gasteiger partial charge in [0.25, 0.3) is 0 Å². The summed E-state index contributed by atoms with van der Waals surface area (Å²) >= 11 is 0. The summed E-state index contributed by atoms with van der Waals surface area (Å²) in [5.74, 6) is 0.955. The van der Waals surface area contributed by atoms with E-state index in [-0.39, 0.29) is 11.4 Å². The number of esters is 1. The Labute approximate surface area is 109 Å². The van der Waals surface area contributed by atoms with Gasteiger partial charge in [-0.1, -0.05) is 37.3 Å². The van der Waals surface area contributed by atoms with Crippen LogP contribution in [0.4, 0.5) is 0 Å². The minimum Gasteiger partial charge on any atom is -0.431 e. The first-order valence-electron chi connectivity index (χ1n) is 6.36. The molecule has 1 aromatic rings. The second-order valence-electron chi connectivity index (χ2n) is 5.50. The molecular weight excluding hydrogens is 224 g/mol. The van der Waals surface area contributed by atoms with Crippen molar-refractivity contribution in [3.8, 4) is 0 Å². The fourth-order valence-corrected chi connectivity index (χ4v) is 2.56. The van der Waals surface area contributed by atoms with Gasteiger partial charge in [-0.25, -0.2) is 0 Å². The van der Waals surface area contributed by atoms with Crippen molar-refractivity contribution < 1.29 is 9.53 Å². The molecule has 0 radical (unpaired) electrons. The average molecular weight is 244 g/mol. The van der Waals surface area contributed by atoms with Gasteiger partial charge in [0, 0.05) is 18.3 Å². The molecule has 0 aromatic heterocycles. The lowest BCUT2D eigenvalue weighted by Gasteiger charge is -2.15. The first-order chi connectivity index (χ1) is 8.45. The van der Waals surface area contributed by atoms with E-state index >= 15 is 0 Å². The van der Waals surface area contributed by atoms with Gasteiger partial charge in [-0.15, -0.1) is 0 Å². The Morgan fingerprint density at radius 3 is 2.33 bits per heavy atom. The van der Waals surface area contributed by atoms with Crippen molar-refractivity contribution in [2.45, 2.75) is 39.5 Å². The molecule has 1 aliphatic carbocycles. The number of carbonyl (C=O) groups is 1. The summed E-state index contributed by atoms with van der Waals surface area (Å²) in [7, 11) is 0. The van der Waals surface area contributed by atoms with E-state index in [2.05, 4.69) is 31.2 Å². The standard InChI is InChI=1S/C16H20O2/c1-11(2)15(18-12(3)17)14-10-16(14,4)13-8-6-5-7-9-13/h5-9,14H,10H2,1-4H3. The van der Waals surface area contributed by atoms with E-state index < -0.39 is 0 Å². The highest BCUT2D eigenvalue weighted by atomic mass is 16.5. The van der Waals surface area contributed by atoms with Crippen LogP contribution < -0.4 is 0 Å². The van der Waals surface area contributed by atoms with Crippen LogP contribution in [0.1, 0.15) is 39.7 Å².